The number of carbonyl (C=O) groups excluding carboxylic acids is 1. The second-order valence-electron chi connectivity index (χ2n) is 6.33. The number of anilines is 1. The standard InChI is InChI=1S/C16H19N5OS/c1-9-6-19-15(23-9)13(10-2-3-10)21-16(22)20-12-7-17-14(18-8-12)11-4-5-11/h6-8,10-11,13H,2-5H2,1H3,(H2,20,21,22)/t13-/m0/s1. The summed E-state index contributed by atoms with van der Waals surface area (Å²) in [6, 6.07) is -0.224. The largest absolute Gasteiger partial charge is 0.328 e. The third-order valence-electron chi connectivity index (χ3n) is 4.16. The molecule has 0 aliphatic heterocycles. The number of hydrogen-bond acceptors (Lipinski definition) is 5. The Bertz CT molecular complexity index is 706. The van der Waals surface area contributed by atoms with Crippen molar-refractivity contribution in [2.45, 2.75) is 44.6 Å². The van der Waals surface area contributed by atoms with Gasteiger partial charge in [-0.3, -0.25) is 0 Å². The summed E-state index contributed by atoms with van der Waals surface area (Å²) in [7, 11) is 0. The summed E-state index contributed by atoms with van der Waals surface area (Å²) in [5.41, 5.74) is 0.622. The highest BCUT2D eigenvalue weighted by Crippen LogP contribution is 2.42. The van der Waals surface area contributed by atoms with E-state index in [0.29, 0.717) is 17.5 Å². The molecule has 2 N–H and O–H groups in total. The van der Waals surface area contributed by atoms with Gasteiger partial charge in [-0.15, -0.1) is 11.3 Å². The summed E-state index contributed by atoms with van der Waals surface area (Å²) >= 11 is 1.65. The normalized spacial score (nSPS) is 18.5. The summed E-state index contributed by atoms with van der Waals surface area (Å²) in [6.45, 7) is 2.03. The number of urea groups is 1. The Morgan fingerprint density at radius 3 is 2.48 bits per heavy atom. The molecule has 6 nitrogen and oxygen atoms in total. The Morgan fingerprint density at radius 2 is 1.91 bits per heavy atom. The van der Waals surface area contributed by atoms with E-state index in [-0.39, 0.29) is 12.1 Å². The number of amides is 2. The summed E-state index contributed by atoms with van der Waals surface area (Å²) in [5, 5.41) is 6.86. The molecular weight excluding hydrogens is 310 g/mol. The predicted octanol–water partition coefficient (Wildman–Crippen LogP) is 3.39. The van der Waals surface area contributed by atoms with Crippen molar-refractivity contribution in [1.29, 1.82) is 0 Å². The number of aromatic nitrogens is 3. The topological polar surface area (TPSA) is 79.8 Å². The lowest BCUT2D eigenvalue weighted by Crippen LogP contribution is -2.33. The van der Waals surface area contributed by atoms with Crippen LogP contribution in [0.25, 0.3) is 0 Å². The van der Waals surface area contributed by atoms with Crippen LogP contribution < -0.4 is 10.6 Å². The number of nitrogens with zero attached hydrogens (tertiary/aromatic N) is 3. The van der Waals surface area contributed by atoms with E-state index in [9.17, 15) is 4.79 Å². The zero-order valence-electron chi connectivity index (χ0n) is 13.0. The minimum absolute atomic E-state index is 0.000329. The molecule has 0 unspecified atom stereocenters. The Hall–Kier alpha value is -2.02. The van der Waals surface area contributed by atoms with E-state index in [0.717, 1.165) is 28.6 Å². The third-order valence-corrected chi connectivity index (χ3v) is 5.15. The van der Waals surface area contributed by atoms with Crippen LogP contribution in [-0.4, -0.2) is 21.0 Å². The van der Waals surface area contributed by atoms with Gasteiger partial charge >= 0.3 is 6.03 Å². The van der Waals surface area contributed by atoms with Crippen molar-refractivity contribution < 1.29 is 4.79 Å². The van der Waals surface area contributed by atoms with E-state index in [1.165, 1.54) is 12.8 Å². The molecule has 1 atom stereocenters. The van der Waals surface area contributed by atoms with E-state index in [2.05, 4.69) is 25.6 Å². The molecule has 2 fully saturated rings. The molecule has 2 aliphatic rings. The van der Waals surface area contributed by atoms with E-state index < -0.39 is 0 Å². The van der Waals surface area contributed by atoms with Gasteiger partial charge in [0.1, 0.15) is 10.8 Å². The second kappa shape index (κ2) is 5.88. The number of carbonyl (C=O) groups is 1. The fourth-order valence-corrected chi connectivity index (χ4v) is 3.51. The Kier molecular flexibility index (Phi) is 3.72. The first-order valence-electron chi connectivity index (χ1n) is 8.01. The monoisotopic (exact) mass is 329 g/mol. The quantitative estimate of drug-likeness (QED) is 0.881. The fraction of sp³-hybridized carbons (Fsp3) is 0.500. The summed E-state index contributed by atoms with van der Waals surface area (Å²) in [6.07, 6.45) is 9.85. The average Bonchev–Trinajstić information content (AvgIpc) is 3.44. The summed E-state index contributed by atoms with van der Waals surface area (Å²) in [5.74, 6) is 1.90. The van der Waals surface area contributed by atoms with Gasteiger partial charge < -0.3 is 10.6 Å². The first kappa shape index (κ1) is 14.6. The molecule has 4 rings (SSSR count). The van der Waals surface area contributed by atoms with Crippen LogP contribution in [0.3, 0.4) is 0 Å². The maximum Gasteiger partial charge on any atom is 0.319 e. The van der Waals surface area contributed by atoms with E-state index >= 15 is 0 Å². The van der Waals surface area contributed by atoms with Gasteiger partial charge in [0.25, 0.3) is 0 Å². The SMILES string of the molecule is Cc1cnc([C@@H](NC(=O)Nc2cnc(C3CC3)nc2)C2CC2)s1. The molecule has 0 aromatic carbocycles. The van der Waals surface area contributed by atoms with Gasteiger partial charge in [0.2, 0.25) is 0 Å². The molecule has 2 aromatic rings. The van der Waals surface area contributed by atoms with Crippen molar-refractivity contribution >= 4 is 23.1 Å². The molecule has 0 saturated heterocycles. The molecule has 120 valence electrons. The van der Waals surface area contributed by atoms with Crippen molar-refractivity contribution in [2.75, 3.05) is 5.32 Å². The maximum absolute atomic E-state index is 12.3. The van der Waals surface area contributed by atoms with Crippen LogP contribution in [0.4, 0.5) is 10.5 Å². The number of aryl methyl sites for hydroxylation is 1. The molecule has 0 radical (unpaired) electrons. The van der Waals surface area contributed by atoms with Gasteiger partial charge in [-0.2, -0.15) is 0 Å². The molecular formula is C16H19N5OS. The zero-order valence-corrected chi connectivity index (χ0v) is 13.8. The smallest absolute Gasteiger partial charge is 0.319 e. The van der Waals surface area contributed by atoms with Crippen LogP contribution in [0.1, 0.15) is 53.4 Å². The Morgan fingerprint density at radius 1 is 1.17 bits per heavy atom. The molecule has 2 heterocycles. The molecule has 2 saturated carbocycles. The van der Waals surface area contributed by atoms with Crippen LogP contribution in [0.2, 0.25) is 0 Å². The zero-order chi connectivity index (χ0) is 15.8. The lowest BCUT2D eigenvalue weighted by Gasteiger charge is -2.16. The van der Waals surface area contributed by atoms with Crippen molar-refractivity contribution in [3.05, 3.63) is 34.3 Å². The van der Waals surface area contributed by atoms with Crippen LogP contribution >= 0.6 is 11.3 Å². The van der Waals surface area contributed by atoms with Gasteiger partial charge in [-0.05, 0) is 38.5 Å². The minimum atomic E-state index is -0.225. The summed E-state index contributed by atoms with van der Waals surface area (Å²) in [4.78, 5) is 26.5. The van der Waals surface area contributed by atoms with Crippen LogP contribution in [0.15, 0.2) is 18.6 Å². The number of nitrogens with one attached hydrogen (secondary N) is 2. The number of hydrogen-bond donors (Lipinski definition) is 2. The van der Waals surface area contributed by atoms with Gasteiger partial charge in [-0.25, -0.2) is 19.7 Å². The van der Waals surface area contributed by atoms with Gasteiger partial charge in [0.15, 0.2) is 0 Å². The molecule has 2 aromatic heterocycles. The first-order valence-corrected chi connectivity index (χ1v) is 8.82. The highest BCUT2D eigenvalue weighted by molar-refractivity contribution is 7.11. The molecule has 2 amide bonds. The molecule has 2 aliphatic carbocycles. The minimum Gasteiger partial charge on any atom is -0.328 e. The molecule has 0 spiro atoms. The van der Waals surface area contributed by atoms with Gasteiger partial charge in [-0.1, -0.05) is 0 Å². The van der Waals surface area contributed by atoms with E-state index in [1.54, 1.807) is 23.7 Å². The third kappa shape index (κ3) is 3.50. The average molecular weight is 329 g/mol. The predicted molar refractivity (Wildman–Crippen MR) is 88.5 cm³/mol. The van der Waals surface area contributed by atoms with Crippen LogP contribution in [0, 0.1) is 12.8 Å². The van der Waals surface area contributed by atoms with Gasteiger partial charge in [0, 0.05) is 17.0 Å². The van der Waals surface area contributed by atoms with Crippen molar-refractivity contribution in [3.63, 3.8) is 0 Å². The van der Waals surface area contributed by atoms with Crippen molar-refractivity contribution in [1.82, 2.24) is 20.3 Å². The first-order chi connectivity index (χ1) is 11.2. The van der Waals surface area contributed by atoms with Crippen molar-refractivity contribution in [2.24, 2.45) is 5.92 Å². The highest BCUT2D eigenvalue weighted by Gasteiger charge is 2.35. The lowest BCUT2D eigenvalue weighted by atomic mass is 10.2. The molecule has 7 heteroatoms. The Labute approximate surface area is 138 Å². The number of rotatable bonds is 5. The number of thiazole rings is 1. The second-order valence-corrected chi connectivity index (χ2v) is 7.59. The lowest BCUT2D eigenvalue weighted by molar-refractivity contribution is 0.247. The van der Waals surface area contributed by atoms with E-state index in [1.807, 2.05) is 13.1 Å². The Balaban J connectivity index is 1.39. The molecule has 0 bridgehead atoms. The fourth-order valence-electron chi connectivity index (χ4n) is 2.59. The maximum atomic E-state index is 12.3. The van der Waals surface area contributed by atoms with E-state index in [4.69, 9.17) is 0 Å². The van der Waals surface area contributed by atoms with Crippen LogP contribution in [-0.2, 0) is 0 Å². The van der Waals surface area contributed by atoms with Gasteiger partial charge in [0.05, 0.1) is 24.1 Å². The molecule has 23 heavy (non-hydrogen) atoms. The summed E-state index contributed by atoms with van der Waals surface area (Å²) < 4.78 is 0. The highest BCUT2D eigenvalue weighted by atomic mass is 32.1. The van der Waals surface area contributed by atoms with Crippen LogP contribution in [0.5, 0.6) is 0 Å². The van der Waals surface area contributed by atoms with Crippen molar-refractivity contribution in [3.8, 4) is 0 Å².